The summed E-state index contributed by atoms with van der Waals surface area (Å²) >= 11 is 0. The van der Waals surface area contributed by atoms with Gasteiger partial charge in [-0.05, 0) is 25.0 Å². The van der Waals surface area contributed by atoms with Crippen LogP contribution in [0.15, 0.2) is 24.4 Å². The molecule has 1 fully saturated rings. The molecule has 1 aliphatic carbocycles. The van der Waals surface area contributed by atoms with E-state index in [1.54, 1.807) is 6.20 Å². The van der Waals surface area contributed by atoms with Crippen LogP contribution < -0.4 is 10.6 Å². The third-order valence-electron chi connectivity index (χ3n) is 2.51. The van der Waals surface area contributed by atoms with Crippen molar-refractivity contribution in [1.29, 1.82) is 0 Å². The van der Waals surface area contributed by atoms with Crippen molar-refractivity contribution in [3.05, 3.63) is 30.1 Å². The Morgan fingerprint density at radius 3 is 3.00 bits per heavy atom. The summed E-state index contributed by atoms with van der Waals surface area (Å²) in [4.78, 5) is 15.5. The molecule has 0 saturated heterocycles. The number of hydrogen-bond acceptors (Lipinski definition) is 3. The van der Waals surface area contributed by atoms with Gasteiger partial charge in [-0.1, -0.05) is 6.07 Å². The van der Waals surface area contributed by atoms with Gasteiger partial charge in [-0.15, -0.1) is 0 Å². The molecular weight excluding hydrogens is 202 g/mol. The zero-order valence-electron chi connectivity index (χ0n) is 9.28. The zero-order valence-corrected chi connectivity index (χ0v) is 9.28. The third kappa shape index (κ3) is 3.98. The number of pyridine rings is 1. The highest BCUT2D eigenvalue weighted by Gasteiger charge is 2.22. The van der Waals surface area contributed by atoms with Gasteiger partial charge in [0, 0.05) is 30.9 Å². The van der Waals surface area contributed by atoms with Gasteiger partial charge in [-0.3, -0.25) is 9.78 Å². The van der Waals surface area contributed by atoms with Crippen molar-refractivity contribution in [3.63, 3.8) is 0 Å². The van der Waals surface area contributed by atoms with Gasteiger partial charge in [0.25, 0.3) is 0 Å². The van der Waals surface area contributed by atoms with Crippen molar-refractivity contribution in [2.24, 2.45) is 0 Å². The van der Waals surface area contributed by atoms with Crippen LogP contribution >= 0.6 is 0 Å². The molecule has 4 nitrogen and oxygen atoms in total. The maximum atomic E-state index is 11.3. The lowest BCUT2D eigenvalue weighted by molar-refractivity contribution is -0.120. The fourth-order valence-electron chi connectivity index (χ4n) is 1.47. The molecule has 86 valence electrons. The first-order chi connectivity index (χ1) is 7.84. The van der Waals surface area contributed by atoms with Crippen molar-refractivity contribution in [1.82, 2.24) is 15.6 Å². The predicted octanol–water partition coefficient (Wildman–Crippen LogP) is 0.492. The summed E-state index contributed by atoms with van der Waals surface area (Å²) in [6, 6.07) is 6.32. The maximum absolute atomic E-state index is 11.3. The molecule has 16 heavy (non-hydrogen) atoms. The minimum Gasteiger partial charge on any atom is -0.352 e. The molecule has 1 aromatic heterocycles. The zero-order chi connectivity index (χ0) is 11.2. The Balaban J connectivity index is 1.56. The molecule has 0 radical (unpaired) electrons. The fourth-order valence-corrected chi connectivity index (χ4v) is 1.47. The summed E-state index contributed by atoms with van der Waals surface area (Å²) in [6.45, 7) is 1.19. The SMILES string of the molecule is O=C(CNCCc1ccccn1)NC1CC1. The number of amides is 1. The Bertz CT molecular complexity index is 335. The summed E-state index contributed by atoms with van der Waals surface area (Å²) in [5.74, 6) is 0.100. The highest BCUT2D eigenvalue weighted by atomic mass is 16.2. The molecule has 2 rings (SSSR count). The molecule has 0 aliphatic heterocycles. The van der Waals surface area contributed by atoms with Crippen LogP contribution in [0.25, 0.3) is 0 Å². The number of aromatic nitrogens is 1. The monoisotopic (exact) mass is 219 g/mol. The lowest BCUT2D eigenvalue weighted by atomic mass is 10.3. The Kier molecular flexibility index (Phi) is 3.88. The first kappa shape index (κ1) is 11.1. The molecule has 2 N–H and O–H groups in total. The van der Waals surface area contributed by atoms with Crippen LogP contribution in [0.4, 0.5) is 0 Å². The van der Waals surface area contributed by atoms with Gasteiger partial charge in [0.15, 0.2) is 0 Å². The number of nitrogens with one attached hydrogen (secondary N) is 2. The lowest BCUT2D eigenvalue weighted by Gasteiger charge is -2.05. The maximum Gasteiger partial charge on any atom is 0.234 e. The second-order valence-corrected chi connectivity index (χ2v) is 4.09. The highest BCUT2D eigenvalue weighted by Crippen LogP contribution is 2.18. The normalized spacial score (nSPS) is 14.8. The molecular formula is C12H17N3O. The third-order valence-corrected chi connectivity index (χ3v) is 2.51. The van der Waals surface area contributed by atoms with Crippen molar-refractivity contribution >= 4 is 5.91 Å². The van der Waals surface area contributed by atoms with Gasteiger partial charge < -0.3 is 10.6 Å². The fraction of sp³-hybridized carbons (Fsp3) is 0.500. The van der Waals surface area contributed by atoms with Crippen LogP contribution in [-0.2, 0) is 11.2 Å². The van der Waals surface area contributed by atoms with E-state index >= 15 is 0 Å². The molecule has 0 atom stereocenters. The Labute approximate surface area is 95.5 Å². The number of rotatable bonds is 6. The van der Waals surface area contributed by atoms with E-state index < -0.39 is 0 Å². The van der Waals surface area contributed by atoms with E-state index in [1.165, 1.54) is 0 Å². The molecule has 1 heterocycles. The van der Waals surface area contributed by atoms with E-state index in [0.717, 1.165) is 31.5 Å². The summed E-state index contributed by atoms with van der Waals surface area (Å²) in [5.41, 5.74) is 1.05. The van der Waals surface area contributed by atoms with Crippen molar-refractivity contribution in [2.45, 2.75) is 25.3 Å². The molecule has 1 saturated carbocycles. The van der Waals surface area contributed by atoms with Crippen LogP contribution in [0.2, 0.25) is 0 Å². The second-order valence-electron chi connectivity index (χ2n) is 4.09. The molecule has 0 aromatic carbocycles. The topological polar surface area (TPSA) is 54.0 Å². The first-order valence-corrected chi connectivity index (χ1v) is 5.74. The summed E-state index contributed by atoms with van der Waals surface area (Å²) in [6.07, 6.45) is 4.92. The van der Waals surface area contributed by atoms with E-state index in [0.29, 0.717) is 12.6 Å². The van der Waals surface area contributed by atoms with Crippen molar-refractivity contribution in [3.8, 4) is 0 Å². The Morgan fingerprint density at radius 1 is 1.44 bits per heavy atom. The van der Waals surface area contributed by atoms with Crippen LogP contribution in [-0.4, -0.2) is 30.0 Å². The quantitative estimate of drug-likeness (QED) is 0.685. The standard InChI is InChI=1S/C12H17N3O/c16-12(15-11-4-5-11)9-13-8-6-10-3-1-2-7-14-10/h1-3,7,11,13H,4-6,8-9H2,(H,15,16). The van der Waals surface area contributed by atoms with E-state index in [4.69, 9.17) is 0 Å². The van der Waals surface area contributed by atoms with E-state index in [-0.39, 0.29) is 5.91 Å². The minimum absolute atomic E-state index is 0.100. The smallest absolute Gasteiger partial charge is 0.234 e. The minimum atomic E-state index is 0.100. The highest BCUT2D eigenvalue weighted by molar-refractivity contribution is 5.78. The molecule has 0 spiro atoms. The first-order valence-electron chi connectivity index (χ1n) is 5.74. The van der Waals surface area contributed by atoms with Crippen LogP contribution in [0.1, 0.15) is 18.5 Å². The van der Waals surface area contributed by atoms with Gasteiger partial charge in [0.2, 0.25) is 5.91 Å². The summed E-state index contributed by atoms with van der Waals surface area (Å²) in [5, 5.41) is 6.05. The number of nitrogens with zero attached hydrogens (tertiary/aromatic N) is 1. The predicted molar refractivity (Wildman–Crippen MR) is 62.0 cm³/mol. The van der Waals surface area contributed by atoms with E-state index in [9.17, 15) is 4.79 Å². The number of hydrogen-bond donors (Lipinski definition) is 2. The van der Waals surface area contributed by atoms with Crippen LogP contribution in [0.3, 0.4) is 0 Å². The number of carbonyl (C=O) groups excluding carboxylic acids is 1. The molecule has 0 unspecified atom stereocenters. The number of carbonyl (C=O) groups is 1. The molecule has 0 bridgehead atoms. The van der Waals surface area contributed by atoms with E-state index in [1.807, 2.05) is 18.2 Å². The summed E-state index contributed by atoms with van der Waals surface area (Å²) in [7, 11) is 0. The lowest BCUT2D eigenvalue weighted by Crippen LogP contribution is -2.35. The van der Waals surface area contributed by atoms with E-state index in [2.05, 4.69) is 15.6 Å². The molecule has 1 amide bonds. The van der Waals surface area contributed by atoms with Gasteiger partial charge in [0.05, 0.1) is 6.54 Å². The van der Waals surface area contributed by atoms with Crippen molar-refractivity contribution in [2.75, 3.05) is 13.1 Å². The summed E-state index contributed by atoms with van der Waals surface area (Å²) < 4.78 is 0. The second kappa shape index (κ2) is 5.61. The largest absolute Gasteiger partial charge is 0.352 e. The average Bonchev–Trinajstić information content (AvgIpc) is 3.10. The molecule has 1 aromatic rings. The molecule has 4 heteroatoms. The molecule has 1 aliphatic rings. The van der Waals surface area contributed by atoms with Gasteiger partial charge in [-0.25, -0.2) is 0 Å². The van der Waals surface area contributed by atoms with Crippen LogP contribution in [0, 0.1) is 0 Å². The average molecular weight is 219 g/mol. The van der Waals surface area contributed by atoms with Crippen LogP contribution in [0.5, 0.6) is 0 Å². The van der Waals surface area contributed by atoms with Gasteiger partial charge >= 0.3 is 0 Å². The Hall–Kier alpha value is -1.42. The van der Waals surface area contributed by atoms with Gasteiger partial charge in [-0.2, -0.15) is 0 Å². The van der Waals surface area contributed by atoms with Gasteiger partial charge in [0.1, 0.15) is 0 Å². The Morgan fingerprint density at radius 2 is 2.31 bits per heavy atom. The van der Waals surface area contributed by atoms with Crippen molar-refractivity contribution < 1.29 is 4.79 Å².